The van der Waals surface area contributed by atoms with Gasteiger partial charge < -0.3 is 10.2 Å². The van der Waals surface area contributed by atoms with Crippen LogP contribution in [-0.2, 0) is 14.4 Å². The van der Waals surface area contributed by atoms with Crippen LogP contribution in [0.3, 0.4) is 0 Å². The van der Waals surface area contributed by atoms with Crippen LogP contribution in [0.4, 0.5) is 5.69 Å². The maximum Gasteiger partial charge on any atom is 0.371 e. The summed E-state index contributed by atoms with van der Waals surface area (Å²) in [7, 11) is 0. The number of carboxylic acids is 1. The molecule has 0 spiro atoms. The summed E-state index contributed by atoms with van der Waals surface area (Å²) in [6.07, 6.45) is 2.84. The first-order valence-corrected chi connectivity index (χ1v) is 5.74. The summed E-state index contributed by atoms with van der Waals surface area (Å²) in [6.45, 7) is 0. The van der Waals surface area contributed by atoms with Crippen molar-refractivity contribution in [1.29, 1.82) is 0 Å². The number of carbonyl (C=O) groups excluding carboxylic acids is 3. The molecule has 0 unspecified atom stereocenters. The number of amides is 2. The van der Waals surface area contributed by atoms with Gasteiger partial charge in [-0.1, -0.05) is 0 Å². The number of aliphatic hydroxyl groups is 1. The van der Waals surface area contributed by atoms with Crippen LogP contribution in [0.1, 0.15) is 10.4 Å². The average Bonchev–Trinajstić information content (AvgIpc) is 2.78. The molecule has 0 radical (unpaired) electrons. The Balaban J connectivity index is 2.22. The highest BCUT2D eigenvalue weighted by Gasteiger charge is 2.25. The van der Waals surface area contributed by atoms with Gasteiger partial charge in [-0.25, -0.2) is 9.69 Å². The van der Waals surface area contributed by atoms with E-state index >= 15 is 0 Å². The minimum Gasteiger partial charge on any atom is -0.502 e. The number of aliphatic hydroxyl groups excluding tert-OH is 1. The number of imide groups is 1. The number of anilines is 1. The zero-order chi connectivity index (χ0) is 15.6. The zero-order valence-corrected chi connectivity index (χ0v) is 10.5. The molecule has 0 atom stereocenters. The Kier molecular flexibility index (Phi) is 3.66. The maximum atomic E-state index is 11.7. The van der Waals surface area contributed by atoms with Crippen molar-refractivity contribution < 1.29 is 29.4 Å². The van der Waals surface area contributed by atoms with E-state index in [9.17, 15) is 19.2 Å². The average molecular weight is 287 g/mol. The van der Waals surface area contributed by atoms with Gasteiger partial charge >= 0.3 is 5.97 Å². The lowest BCUT2D eigenvalue weighted by atomic mass is 10.1. The molecule has 0 aliphatic carbocycles. The Bertz CT molecular complexity index is 681. The van der Waals surface area contributed by atoms with Gasteiger partial charge in [-0.05, 0) is 24.3 Å². The number of hydrogen-bond acceptors (Lipinski definition) is 5. The number of benzene rings is 1. The highest BCUT2D eigenvalue weighted by molar-refractivity contribution is 6.28. The largest absolute Gasteiger partial charge is 0.502 e. The van der Waals surface area contributed by atoms with Gasteiger partial charge in [0.1, 0.15) is 0 Å². The van der Waals surface area contributed by atoms with Crippen molar-refractivity contribution in [2.45, 2.75) is 0 Å². The van der Waals surface area contributed by atoms with Crippen molar-refractivity contribution in [2.24, 2.45) is 0 Å². The third-order valence-electron chi connectivity index (χ3n) is 2.71. The summed E-state index contributed by atoms with van der Waals surface area (Å²) < 4.78 is 0. The van der Waals surface area contributed by atoms with E-state index in [2.05, 4.69) is 0 Å². The summed E-state index contributed by atoms with van der Waals surface area (Å²) in [5, 5.41) is 17.5. The molecular formula is C14H9NO6. The SMILES string of the molecule is O=C(O)/C(O)=C/C(=O)c1ccc(N2C(=O)C=CC2=O)cc1. The predicted molar refractivity (Wildman–Crippen MR) is 70.8 cm³/mol. The molecule has 7 nitrogen and oxygen atoms in total. The monoisotopic (exact) mass is 287 g/mol. The minimum atomic E-state index is -1.61. The zero-order valence-electron chi connectivity index (χ0n) is 10.5. The van der Waals surface area contributed by atoms with Crippen LogP contribution in [0.25, 0.3) is 0 Å². The molecule has 21 heavy (non-hydrogen) atoms. The van der Waals surface area contributed by atoms with Crippen LogP contribution < -0.4 is 4.90 Å². The van der Waals surface area contributed by atoms with Crippen LogP contribution in [0.15, 0.2) is 48.3 Å². The summed E-state index contributed by atoms with van der Waals surface area (Å²) >= 11 is 0. The van der Waals surface area contributed by atoms with Gasteiger partial charge in [0.2, 0.25) is 5.76 Å². The second-order valence-corrected chi connectivity index (χ2v) is 4.09. The van der Waals surface area contributed by atoms with Crippen LogP contribution in [0.2, 0.25) is 0 Å². The lowest BCUT2D eigenvalue weighted by molar-refractivity contribution is -0.135. The number of rotatable bonds is 4. The van der Waals surface area contributed by atoms with Gasteiger partial charge in [0.25, 0.3) is 11.8 Å². The molecule has 1 heterocycles. The fraction of sp³-hybridized carbons (Fsp3) is 0. The first kappa shape index (κ1) is 14.2. The fourth-order valence-corrected chi connectivity index (χ4v) is 1.70. The van der Waals surface area contributed by atoms with Crippen LogP contribution in [0.5, 0.6) is 0 Å². The van der Waals surface area contributed by atoms with Crippen molar-refractivity contribution in [3.63, 3.8) is 0 Å². The van der Waals surface area contributed by atoms with Gasteiger partial charge in [-0.3, -0.25) is 14.4 Å². The molecule has 106 valence electrons. The third-order valence-corrected chi connectivity index (χ3v) is 2.71. The van der Waals surface area contributed by atoms with Crippen molar-refractivity contribution >= 4 is 29.3 Å². The van der Waals surface area contributed by atoms with E-state index in [4.69, 9.17) is 10.2 Å². The second-order valence-electron chi connectivity index (χ2n) is 4.09. The summed E-state index contributed by atoms with van der Waals surface area (Å²) in [4.78, 5) is 45.9. The molecule has 1 aliphatic rings. The molecule has 7 heteroatoms. The van der Waals surface area contributed by atoms with Crippen LogP contribution in [0, 0.1) is 0 Å². The summed E-state index contributed by atoms with van der Waals surface area (Å²) in [5.41, 5.74) is 0.400. The molecule has 0 aromatic heterocycles. The quantitative estimate of drug-likeness (QED) is 0.367. The lowest BCUT2D eigenvalue weighted by Crippen LogP contribution is -2.29. The Hall–Kier alpha value is -3.22. The highest BCUT2D eigenvalue weighted by Crippen LogP contribution is 2.19. The van der Waals surface area contributed by atoms with E-state index in [0.29, 0.717) is 6.08 Å². The number of ketones is 1. The molecular weight excluding hydrogens is 278 g/mol. The van der Waals surface area contributed by atoms with E-state index in [1.165, 1.54) is 24.3 Å². The Morgan fingerprint density at radius 1 is 0.952 bits per heavy atom. The molecule has 1 aliphatic heterocycles. The predicted octanol–water partition coefficient (Wildman–Crippen LogP) is 0.825. The molecule has 0 saturated heterocycles. The number of nitrogens with zero attached hydrogens (tertiary/aromatic N) is 1. The van der Waals surface area contributed by atoms with Gasteiger partial charge in [-0.2, -0.15) is 0 Å². The Labute approximate surface area is 118 Å². The van der Waals surface area contributed by atoms with E-state index in [1.54, 1.807) is 0 Å². The number of hydrogen-bond donors (Lipinski definition) is 2. The Morgan fingerprint density at radius 2 is 1.48 bits per heavy atom. The van der Waals surface area contributed by atoms with Crippen molar-refractivity contribution in [2.75, 3.05) is 4.90 Å². The number of carbonyl (C=O) groups is 4. The second kappa shape index (κ2) is 5.41. The smallest absolute Gasteiger partial charge is 0.371 e. The van der Waals surface area contributed by atoms with Crippen LogP contribution >= 0.6 is 0 Å². The van der Waals surface area contributed by atoms with E-state index in [-0.39, 0.29) is 11.3 Å². The lowest BCUT2D eigenvalue weighted by Gasteiger charge is -2.13. The number of carboxylic acid groups (broad SMARTS) is 1. The number of aliphatic carboxylic acids is 1. The van der Waals surface area contributed by atoms with E-state index in [0.717, 1.165) is 17.1 Å². The van der Waals surface area contributed by atoms with Gasteiger partial charge in [0.05, 0.1) is 5.69 Å². The standard InChI is InChI=1S/C14H9NO6/c16-10(7-11(17)14(20)21)8-1-3-9(4-2-8)15-12(18)5-6-13(15)19/h1-7,17H,(H,20,21)/b11-7-. The normalized spacial score (nSPS) is 14.7. The highest BCUT2D eigenvalue weighted by atomic mass is 16.4. The van der Waals surface area contributed by atoms with Crippen LogP contribution in [-0.4, -0.2) is 33.8 Å². The topological polar surface area (TPSA) is 112 Å². The van der Waals surface area contributed by atoms with Crippen molar-refractivity contribution in [3.8, 4) is 0 Å². The van der Waals surface area contributed by atoms with Gasteiger partial charge in [0.15, 0.2) is 5.78 Å². The first-order chi connectivity index (χ1) is 9.90. The van der Waals surface area contributed by atoms with Gasteiger partial charge in [0, 0.05) is 23.8 Å². The molecule has 0 bridgehead atoms. The molecule has 2 N–H and O–H groups in total. The van der Waals surface area contributed by atoms with E-state index in [1.807, 2.05) is 0 Å². The minimum absolute atomic E-state index is 0.110. The number of allylic oxidation sites excluding steroid dienone is 1. The molecule has 1 aromatic carbocycles. The van der Waals surface area contributed by atoms with Gasteiger partial charge in [-0.15, -0.1) is 0 Å². The Morgan fingerprint density at radius 3 is 1.95 bits per heavy atom. The van der Waals surface area contributed by atoms with Crippen molar-refractivity contribution in [1.82, 2.24) is 0 Å². The molecule has 2 amide bonds. The molecule has 0 fully saturated rings. The van der Waals surface area contributed by atoms with E-state index < -0.39 is 29.3 Å². The molecule has 0 saturated carbocycles. The summed E-state index contributed by atoms with van der Waals surface area (Å²) in [6, 6.07) is 5.40. The molecule has 1 aromatic rings. The first-order valence-electron chi connectivity index (χ1n) is 5.74. The third kappa shape index (κ3) is 2.86. The molecule has 2 rings (SSSR count). The maximum absolute atomic E-state index is 11.7. The van der Waals surface area contributed by atoms with Crippen molar-refractivity contribution in [3.05, 3.63) is 53.8 Å². The fourth-order valence-electron chi connectivity index (χ4n) is 1.70. The summed E-state index contributed by atoms with van der Waals surface area (Å²) in [5.74, 6) is -4.36.